The molecule has 1 rings (SSSR count). The highest BCUT2D eigenvalue weighted by molar-refractivity contribution is 5.96. The maximum atomic E-state index is 12.2. The normalized spacial score (nSPS) is 11.2. The lowest BCUT2D eigenvalue weighted by Crippen LogP contribution is -2.31. The van der Waals surface area contributed by atoms with Crippen molar-refractivity contribution in [2.75, 3.05) is 31.3 Å². The fraction of sp³-hybridized carbons (Fsp3) is 0.364. The lowest BCUT2D eigenvalue weighted by atomic mass is 10.1. The van der Waals surface area contributed by atoms with E-state index in [1.165, 1.54) is 32.4 Å². The van der Waals surface area contributed by atoms with Gasteiger partial charge < -0.3 is 15.4 Å². The van der Waals surface area contributed by atoms with Crippen molar-refractivity contribution in [3.8, 4) is 0 Å². The zero-order valence-corrected chi connectivity index (χ0v) is 9.91. The van der Waals surface area contributed by atoms with Crippen molar-refractivity contribution in [1.29, 1.82) is 0 Å². The first-order valence-electron chi connectivity index (χ1n) is 5.00. The Kier molecular flexibility index (Phi) is 4.05. The predicted molar refractivity (Wildman–Crippen MR) is 61.5 cm³/mol. The first-order chi connectivity index (χ1) is 8.24. The van der Waals surface area contributed by atoms with E-state index in [1.54, 1.807) is 0 Å². The van der Waals surface area contributed by atoms with Gasteiger partial charge in [-0.15, -0.1) is 0 Å². The molecule has 100 valence electrons. The average Bonchev–Trinajstić information content (AvgIpc) is 2.26. The Morgan fingerprint density at radius 3 is 2.56 bits per heavy atom. The number of methoxy groups -OCH3 is 1. The molecule has 0 radical (unpaired) electrons. The van der Waals surface area contributed by atoms with Crippen LogP contribution in [0.2, 0.25) is 0 Å². The SMILES string of the molecule is COC(=O)c1cc(N(C)CC(F)(F)F)ccc1N. The van der Waals surface area contributed by atoms with Crippen LogP contribution >= 0.6 is 0 Å². The Bertz CT molecular complexity index is 446. The minimum absolute atomic E-state index is 0.0454. The summed E-state index contributed by atoms with van der Waals surface area (Å²) in [5.74, 6) is -0.685. The number of alkyl halides is 3. The maximum absolute atomic E-state index is 12.2. The molecule has 0 aliphatic carbocycles. The molecule has 2 N–H and O–H groups in total. The largest absolute Gasteiger partial charge is 0.465 e. The van der Waals surface area contributed by atoms with Crippen LogP contribution in [0.4, 0.5) is 24.5 Å². The van der Waals surface area contributed by atoms with Crippen LogP contribution in [-0.2, 0) is 4.74 Å². The maximum Gasteiger partial charge on any atom is 0.405 e. The number of nitrogens with two attached hydrogens (primary N) is 1. The fourth-order valence-corrected chi connectivity index (χ4v) is 1.43. The van der Waals surface area contributed by atoms with Crippen LogP contribution in [0.1, 0.15) is 10.4 Å². The van der Waals surface area contributed by atoms with Gasteiger partial charge in [-0.05, 0) is 18.2 Å². The molecule has 7 heteroatoms. The molecule has 0 unspecified atom stereocenters. The molecule has 0 amide bonds. The van der Waals surface area contributed by atoms with Crippen LogP contribution in [0.25, 0.3) is 0 Å². The van der Waals surface area contributed by atoms with Gasteiger partial charge in [0, 0.05) is 18.4 Å². The molecule has 4 nitrogen and oxygen atoms in total. The Morgan fingerprint density at radius 1 is 1.44 bits per heavy atom. The van der Waals surface area contributed by atoms with E-state index in [0.29, 0.717) is 0 Å². The second-order valence-electron chi connectivity index (χ2n) is 3.73. The molecule has 0 atom stereocenters. The van der Waals surface area contributed by atoms with Gasteiger partial charge in [-0.3, -0.25) is 0 Å². The molecule has 0 bridgehead atoms. The molecule has 0 spiro atoms. The second-order valence-corrected chi connectivity index (χ2v) is 3.73. The number of nitrogen functional groups attached to an aromatic ring is 1. The number of nitrogens with zero attached hydrogens (tertiary/aromatic N) is 1. The van der Waals surface area contributed by atoms with E-state index < -0.39 is 18.7 Å². The Morgan fingerprint density at radius 2 is 2.06 bits per heavy atom. The van der Waals surface area contributed by atoms with Gasteiger partial charge >= 0.3 is 12.1 Å². The number of hydrogen-bond acceptors (Lipinski definition) is 4. The number of carbonyl (C=O) groups is 1. The molecule has 18 heavy (non-hydrogen) atoms. The predicted octanol–water partition coefficient (Wildman–Crippen LogP) is 2.05. The van der Waals surface area contributed by atoms with Gasteiger partial charge in [0.05, 0.1) is 12.7 Å². The minimum atomic E-state index is -4.32. The molecular weight excluding hydrogens is 249 g/mol. The van der Waals surface area contributed by atoms with Crippen LogP contribution in [0.3, 0.4) is 0 Å². The zero-order chi connectivity index (χ0) is 13.9. The van der Waals surface area contributed by atoms with Gasteiger partial charge in [-0.2, -0.15) is 13.2 Å². The van der Waals surface area contributed by atoms with Crippen LogP contribution in [0.15, 0.2) is 18.2 Å². The molecule has 0 saturated heterocycles. The lowest BCUT2D eigenvalue weighted by Gasteiger charge is -2.21. The number of carbonyl (C=O) groups excluding carboxylic acids is 1. The van der Waals surface area contributed by atoms with Crippen molar-refractivity contribution in [3.05, 3.63) is 23.8 Å². The van der Waals surface area contributed by atoms with E-state index in [9.17, 15) is 18.0 Å². The molecule has 0 aliphatic rings. The summed E-state index contributed by atoms with van der Waals surface area (Å²) in [5.41, 5.74) is 5.99. The van der Waals surface area contributed by atoms with E-state index in [0.717, 1.165) is 4.90 Å². The zero-order valence-electron chi connectivity index (χ0n) is 9.91. The van der Waals surface area contributed by atoms with Gasteiger partial charge in [0.25, 0.3) is 0 Å². The summed E-state index contributed by atoms with van der Waals surface area (Å²) in [6.45, 7) is -1.11. The third-order valence-corrected chi connectivity index (χ3v) is 2.30. The van der Waals surface area contributed by atoms with E-state index in [-0.39, 0.29) is 16.9 Å². The summed E-state index contributed by atoms with van der Waals surface area (Å²) in [6, 6.07) is 4.05. The van der Waals surface area contributed by atoms with E-state index >= 15 is 0 Å². The van der Waals surface area contributed by atoms with Crippen molar-refractivity contribution >= 4 is 17.3 Å². The lowest BCUT2D eigenvalue weighted by molar-refractivity contribution is -0.119. The first-order valence-corrected chi connectivity index (χ1v) is 5.00. The van der Waals surface area contributed by atoms with E-state index in [4.69, 9.17) is 5.73 Å². The summed E-state index contributed by atoms with van der Waals surface area (Å²) in [6.07, 6.45) is -4.32. The quantitative estimate of drug-likeness (QED) is 0.669. The summed E-state index contributed by atoms with van der Waals surface area (Å²) in [4.78, 5) is 12.3. The van der Waals surface area contributed by atoms with Gasteiger partial charge in [0.15, 0.2) is 0 Å². The highest BCUT2D eigenvalue weighted by Gasteiger charge is 2.29. The number of ether oxygens (including phenoxy) is 1. The highest BCUT2D eigenvalue weighted by Crippen LogP contribution is 2.24. The Labute approximate surface area is 102 Å². The van der Waals surface area contributed by atoms with Crippen molar-refractivity contribution in [2.45, 2.75) is 6.18 Å². The smallest absolute Gasteiger partial charge is 0.405 e. The van der Waals surface area contributed by atoms with Crippen LogP contribution in [-0.4, -0.2) is 32.8 Å². The summed E-state index contributed by atoms with van der Waals surface area (Å²) in [5, 5.41) is 0. The van der Waals surface area contributed by atoms with Crippen molar-refractivity contribution < 1.29 is 22.7 Å². The topological polar surface area (TPSA) is 55.6 Å². The standard InChI is InChI=1S/C11H13F3N2O2/c1-16(6-11(12,13)14)7-3-4-9(15)8(5-7)10(17)18-2/h3-5H,6,15H2,1-2H3. The highest BCUT2D eigenvalue weighted by atomic mass is 19.4. The van der Waals surface area contributed by atoms with Crippen LogP contribution in [0.5, 0.6) is 0 Å². The fourth-order valence-electron chi connectivity index (χ4n) is 1.43. The first kappa shape index (κ1) is 14.1. The number of anilines is 2. The number of benzene rings is 1. The number of rotatable bonds is 3. The number of hydrogen-bond donors (Lipinski definition) is 1. The van der Waals surface area contributed by atoms with Gasteiger partial charge in [-0.25, -0.2) is 4.79 Å². The average molecular weight is 262 g/mol. The summed E-state index contributed by atoms with van der Waals surface area (Å²) in [7, 11) is 2.45. The van der Waals surface area contributed by atoms with Crippen LogP contribution in [0, 0.1) is 0 Å². The third kappa shape index (κ3) is 3.54. The minimum Gasteiger partial charge on any atom is -0.465 e. The van der Waals surface area contributed by atoms with Gasteiger partial charge in [-0.1, -0.05) is 0 Å². The van der Waals surface area contributed by atoms with Crippen molar-refractivity contribution in [1.82, 2.24) is 0 Å². The molecule has 1 aromatic rings. The number of esters is 1. The Balaban J connectivity index is 3.01. The number of halogens is 3. The van der Waals surface area contributed by atoms with Crippen molar-refractivity contribution in [3.63, 3.8) is 0 Å². The molecular formula is C11H13F3N2O2. The van der Waals surface area contributed by atoms with Crippen molar-refractivity contribution in [2.24, 2.45) is 0 Å². The summed E-state index contributed by atoms with van der Waals surface area (Å²) >= 11 is 0. The van der Waals surface area contributed by atoms with E-state index in [1.807, 2.05) is 0 Å². The molecule has 1 aromatic carbocycles. The van der Waals surface area contributed by atoms with Crippen LogP contribution < -0.4 is 10.6 Å². The summed E-state index contributed by atoms with van der Waals surface area (Å²) < 4.78 is 41.2. The second kappa shape index (κ2) is 5.16. The third-order valence-electron chi connectivity index (χ3n) is 2.30. The monoisotopic (exact) mass is 262 g/mol. The molecule has 0 aliphatic heterocycles. The van der Waals surface area contributed by atoms with Gasteiger partial charge in [0.1, 0.15) is 6.54 Å². The Hall–Kier alpha value is -1.92. The molecule has 0 saturated carbocycles. The molecule has 0 fully saturated rings. The molecule has 0 heterocycles. The van der Waals surface area contributed by atoms with Gasteiger partial charge in [0.2, 0.25) is 0 Å². The van der Waals surface area contributed by atoms with E-state index in [2.05, 4.69) is 4.74 Å². The molecule has 0 aromatic heterocycles.